The van der Waals surface area contributed by atoms with Crippen molar-refractivity contribution in [3.05, 3.63) is 57.5 Å². The van der Waals surface area contributed by atoms with Gasteiger partial charge in [-0.2, -0.15) is 0 Å². The fourth-order valence-electron chi connectivity index (χ4n) is 3.72. The summed E-state index contributed by atoms with van der Waals surface area (Å²) in [4.78, 5) is 50.8. The minimum Gasteiger partial charge on any atom is -0.493 e. The molecule has 9 nitrogen and oxygen atoms in total. The molecule has 1 saturated heterocycles. The molecule has 0 aliphatic carbocycles. The Labute approximate surface area is 213 Å². The van der Waals surface area contributed by atoms with Crippen LogP contribution in [0.15, 0.2) is 35.2 Å². The summed E-state index contributed by atoms with van der Waals surface area (Å²) in [6, 6.07) is 8.79. The number of hydrogen-bond donors (Lipinski definition) is 1. The maximum Gasteiger partial charge on any atom is 0.344 e. The second-order valence-corrected chi connectivity index (χ2v) is 9.09. The molecule has 3 amide bonds. The maximum absolute atomic E-state index is 12.9. The van der Waals surface area contributed by atoms with Crippen LogP contribution in [0.4, 0.5) is 10.5 Å². The second kappa shape index (κ2) is 11.8. The molecule has 1 heterocycles. The van der Waals surface area contributed by atoms with Crippen molar-refractivity contribution in [1.29, 1.82) is 0 Å². The van der Waals surface area contributed by atoms with Gasteiger partial charge in [0.05, 0.1) is 18.6 Å². The van der Waals surface area contributed by atoms with Crippen molar-refractivity contribution in [1.82, 2.24) is 4.90 Å². The topological polar surface area (TPSA) is 111 Å². The highest BCUT2D eigenvalue weighted by molar-refractivity contribution is 8.18. The number of nitrogens with zero attached hydrogens (tertiary/aromatic N) is 1. The van der Waals surface area contributed by atoms with E-state index in [0.29, 0.717) is 17.0 Å². The summed E-state index contributed by atoms with van der Waals surface area (Å²) in [7, 11) is 1.46. The Bertz CT molecular complexity index is 1220. The SMILES string of the molecule is CCOC(=O)COc1cc(/C=C2\SC(=O)N(CC(=O)Nc3c(C)cc(C)cc3C)C2=O)ccc1OC. The molecule has 0 spiro atoms. The number of anilines is 1. The van der Waals surface area contributed by atoms with E-state index in [1.54, 1.807) is 25.1 Å². The summed E-state index contributed by atoms with van der Waals surface area (Å²) in [5.41, 5.74) is 4.09. The molecule has 0 aromatic heterocycles. The number of hydrogen-bond acceptors (Lipinski definition) is 8. The highest BCUT2D eigenvalue weighted by atomic mass is 32.2. The van der Waals surface area contributed by atoms with Gasteiger partial charge in [-0.15, -0.1) is 0 Å². The van der Waals surface area contributed by atoms with E-state index in [1.807, 2.05) is 32.9 Å². The minimum absolute atomic E-state index is 0.164. The summed E-state index contributed by atoms with van der Waals surface area (Å²) in [6.07, 6.45) is 1.52. The van der Waals surface area contributed by atoms with Crippen molar-refractivity contribution < 1.29 is 33.4 Å². The van der Waals surface area contributed by atoms with Gasteiger partial charge in [-0.05, 0) is 74.4 Å². The summed E-state index contributed by atoms with van der Waals surface area (Å²) in [5.74, 6) is -0.889. The average molecular weight is 513 g/mol. The van der Waals surface area contributed by atoms with Gasteiger partial charge in [0.2, 0.25) is 5.91 Å². The highest BCUT2D eigenvalue weighted by Crippen LogP contribution is 2.34. The van der Waals surface area contributed by atoms with Crippen LogP contribution in [0.1, 0.15) is 29.2 Å². The lowest BCUT2D eigenvalue weighted by atomic mass is 10.1. The molecule has 0 radical (unpaired) electrons. The number of imide groups is 1. The standard InChI is InChI=1S/C26H28N2O7S/c1-6-34-23(30)14-35-20-11-18(7-8-19(20)33-5)12-21-25(31)28(26(32)36-21)13-22(29)27-24-16(3)9-15(2)10-17(24)4/h7-12H,6,13-14H2,1-5H3,(H,27,29)/b21-12-. The Morgan fingerprint density at radius 3 is 2.39 bits per heavy atom. The van der Waals surface area contributed by atoms with Crippen molar-refractivity contribution in [2.24, 2.45) is 0 Å². The van der Waals surface area contributed by atoms with Crippen LogP contribution >= 0.6 is 11.8 Å². The van der Waals surface area contributed by atoms with Gasteiger partial charge in [0, 0.05) is 5.69 Å². The minimum atomic E-state index is -0.567. The zero-order valence-corrected chi connectivity index (χ0v) is 21.6. The van der Waals surface area contributed by atoms with Crippen LogP contribution in [-0.2, 0) is 19.1 Å². The number of methoxy groups -OCH3 is 1. The predicted octanol–water partition coefficient (Wildman–Crippen LogP) is 4.24. The van der Waals surface area contributed by atoms with Gasteiger partial charge in [0.1, 0.15) is 6.54 Å². The number of esters is 1. The number of aryl methyl sites for hydroxylation is 3. The van der Waals surface area contributed by atoms with Crippen molar-refractivity contribution >= 4 is 46.5 Å². The van der Waals surface area contributed by atoms with E-state index in [9.17, 15) is 19.2 Å². The van der Waals surface area contributed by atoms with Gasteiger partial charge in [0.25, 0.3) is 11.1 Å². The number of amides is 3. The van der Waals surface area contributed by atoms with Gasteiger partial charge in [-0.1, -0.05) is 23.8 Å². The first-order valence-corrected chi connectivity index (χ1v) is 12.0. The number of nitrogens with one attached hydrogen (secondary N) is 1. The predicted molar refractivity (Wildman–Crippen MR) is 137 cm³/mol. The van der Waals surface area contributed by atoms with E-state index < -0.39 is 29.6 Å². The molecule has 2 aromatic rings. The summed E-state index contributed by atoms with van der Waals surface area (Å²) in [5, 5.41) is 2.27. The van der Waals surface area contributed by atoms with E-state index in [2.05, 4.69) is 5.32 Å². The Morgan fingerprint density at radius 1 is 1.06 bits per heavy atom. The Hall–Kier alpha value is -3.79. The number of thioether (sulfide) groups is 1. The third-order valence-corrected chi connectivity index (χ3v) is 6.16. The second-order valence-electron chi connectivity index (χ2n) is 8.09. The fourth-order valence-corrected chi connectivity index (χ4v) is 4.56. The summed E-state index contributed by atoms with van der Waals surface area (Å²) >= 11 is 0.746. The third-order valence-electron chi connectivity index (χ3n) is 5.25. The van der Waals surface area contributed by atoms with E-state index >= 15 is 0 Å². The Balaban J connectivity index is 1.73. The van der Waals surface area contributed by atoms with Crippen LogP contribution < -0.4 is 14.8 Å². The number of benzene rings is 2. The van der Waals surface area contributed by atoms with Gasteiger partial charge < -0.3 is 19.5 Å². The molecule has 36 heavy (non-hydrogen) atoms. The van der Waals surface area contributed by atoms with Crippen LogP contribution in [0.2, 0.25) is 0 Å². The van der Waals surface area contributed by atoms with Crippen LogP contribution in [0, 0.1) is 20.8 Å². The largest absolute Gasteiger partial charge is 0.493 e. The number of ether oxygens (including phenoxy) is 3. The normalized spacial score (nSPS) is 14.2. The van der Waals surface area contributed by atoms with Crippen molar-refractivity contribution in [2.75, 3.05) is 32.2 Å². The quantitative estimate of drug-likeness (QED) is 0.392. The smallest absolute Gasteiger partial charge is 0.344 e. The van der Waals surface area contributed by atoms with E-state index in [4.69, 9.17) is 14.2 Å². The first-order chi connectivity index (χ1) is 17.1. The van der Waals surface area contributed by atoms with Crippen LogP contribution in [0.3, 0.4) is 0 Å². The van der Waals surface area contributed by atoms with Gasteiger partial charge in [0.15, 0.2) is 18.1 Å². The van der Waals surface area contributed by atoms with Gasteiger partial charge in [-0.3, -0.25) is 19.3 Å². The zero-order valence-electron chi connectivity index (χ0n) is 20.8. The molecule has 0 atom stereocenters. The van der Waals surface area contributed by atoms with E-state index in [-0.39, 0.29) is 23.9 Å². The fraction of sp³-hybridized carbons (Fsp3) is 0.308. The first kappa shape index (κ1) is 26.8. The monoisotopic (exact) mass is 512 g/mol. The van der Waals surface area contributed by atoms with Crippen LogP contribution in [-0.4, -0.2) is 54.8 Å². The average Bonchev–Trinajstić information content (AvgIpc) is 3.07. The molecule has 0 unspecified atom stereocenters. The lowest BCUT2D eigenvalue weighted by Crippen LogP contribution is -2.36. The molecular formula is C26H28N2O7S. The van der Waals surface area contributed by atoms with Crippen LogP contribution in [0.5, 0.6) is 11.5 Å². The van der Waals surface area contributed by atoms with E-state index in [1.165, 1.54) is 13.2 Å². The molecule has 1 N–H and O–H groups in total. The summed E-state index contributed by atoms with van der Waals surface area (Å²) in [6.45, 7) is 6.97. The number of carbonyl (C=O) groups is 4. The first-order valence-electron chi connectivity index (χ1n) is 11.2. The van der Waals surface area contributed by atoms with Crippen LogP contribution in [0.25, 0.3) is 6.08 Å². The maximum atomic E-state index is 12.9. The molecular weight excluding hydrogens is 484 g/mol. The number of rotatable bonds is 9. The summed E-state index contributed by atoms with van der Waals surface area (Å²) < 4.78 is 15.6. The Kier molecular flexibility index (Phi) is 8.76. The molecule has 10 heteroatoms. The van der Waals surface area contributed by atoms with Crippen molar-refractivity contribution in [2.45, 2.75) is 27.7 Å². The lowest BCUT2D eigenvalue weighted by Gasteiger charge is -2.16. The molecule has 190 valence electrons. The molecule has 0 saturated carbocycles. The molecule has 1 aliphatic rings. The van der Waals surface area contributed by atoms with Crippen molar-refractivity contribution in [3.8, 4) is 11.5 Å². The van der Waals surface area contributed by atoms with Gasteiger partial charge >= 0.3 is 5.97 Å². The van der Waals surface area contributed by atoms with Gasteiger partial charge in [-0.25, -0.2) is 4.79 Å². The highest BCUT2D eigenvalue weighted by Gasteiger charge is 2.36. The molecule has 1 fully saturated rings. The van der Waals surface area contributed by atoms with Crippen molar-refractivity contribution in [3.63, 3.8) is 0 Å². The zero-order chi connectivity index (χ0) is 26.4. The molecule has 0 bridgehead atoms. The third kappa shape index (κ3) is 6.45. The van der Waals surface area contributed by atoms with E-state index in [0.717, 1.165) is 33.4 Å². The molecule has 2 aromatic carbocycles. The number of carbonyl (C=O) groups excluding carboxylic acids is 4. The molecule has 3 rings (SSSR count). The Morgan fingerprint density at radius 2 is 1.75 bits per heavy atom. The molecule has 1 aliphatic heterocycles. The lowest BCUT2D eigenvalue weighted by molar-refractivity contribution is -0.145.